The number of hydrogen-bond donors (Lipinski definition) is 2. The van der Waals surface area contributed by atoms with Crippen LogP contribution in [0.5, 0.6) is 0 Å². The van der Waals surface area contributed by atoms with E-state index in [1.165, 1.54) is 0 Å². The van der Waals surface area contributed by atoms with Crippen molar-refractivity contribution < 1.29 is 14.7 Å². The molecule has 1 aliphatic carbocycles. The molecule has 0 bridgehead atoms. The molecule has 2 aliphatic rings. The van der Waals surface area contributed by atoms with E-state index in [0.29, 0.717) is 18.9 Å². The Kier molecular flexibility index (Phi) is 3.26. The average molecular weight is 240 g/mol. The molecule has 1 saturated carbocycles. The smallest absolute Gasteiger partial charge is 0.317 e. The van der Waals surface area contributed by atoms with E-state index >= 15 is 0 Å². The molecule has 2 rings (SSSR count). The van der Waals surface area contributed by atoms with Crippen molar-refractivity contribution in [3.63, 3.8) is 0 Å². The first-order valence-corrected chi connectivity index (χ1v) is 6.27. The number of nitrogens with zero attached hydrogens (tertiary/aromatic N) is 1. The van der Waals surface area contributed by atoms with Crippen LogP contribution in [-0.4, -0.2) is 40.6 Å². The third kappa shape index (κ3) is 3.35. The standard InChI is InChI=1S/C12H20N2O3/c1-12(5-6-12)13-11(17)14-7-4-9(8-14)2-3-10(15)16/h9H,2-8H2,1H3,(H,13,17)(H,15,16). The summed E-state index contributed by atoms with van der Waals surface area (Å²) in [5.74, 6) is -0.401. The van der Waals surface area contributed by atoms with E-state index in [1.54, 1.807) is 0 Å². The number of carboxylic acids is 1. The van der Waals surface area contributed by atoms with Gasteiger partial charge in [-0.05, 0) is 38.5 Å². The Bertz CT molecular complexity index is 326. The lowest BCUT2D eigenvalue weighted by Crippen LogP contribution is -2.44. The molecule has 1 heterocycles. The van der Waals surface area contributed by atoms with Gasteiger partial charge in [0.2, 0.25) is 0 Å². The van der Waals surface area contributed by atoms with E-state index in [4.69, 9.17) is 5.11 Å². The van der Waals surface area contributed by atoms with Gasteiger partial charge in [0, 0.05) is 25.0 Å². The first-order valence-electron chi connectivity index (χ1n) is 6.27. The Morgan fingerprint density at radius 2 is 2.18 bits per heavy atom. The lowest BCUT2D eigenvalue weighted by atomic mass is 10.0. The number of hydrogen-bond acceptors (Lipinski definition) is 2. The van der Waals surface area contributed by atoms with Gasteiger partial charge in [-0.15, -0.1) is 0 Å². The Hall–Kier alpha value is -1.26. The van der Waals surface area contributed by atoms with E-state index in [0.717, 1.165) is 25.8 Å². The molecular weight excluding hydrogens is 220 g/mol. The van der Waals surface area contributed by atoms with Crippen LogP contribution >= 0.6 is 0 Å². The highest BCUT2D eigenvalue weighted by molar-refractivity contribution is 5.75. The van der Waals surface area contributed by atoms with Gasteiger partial charge in [-0.3, -0.25) is 4.79 Å². The van der Waals surface area contributed by atoms with Gasteiger partial charge in [0.15, 0.2) is 0 Å². The summed E-state index contributed by atoms with van der Waals surface area (Å²) >= 11 is 0. The van der Waals surface area contributed by atoms with Crippen LogP contribution in [0.1, 0.15) is 39.0 Å². The highest BCUT2D eigenvalue weighted by atomic mass is 16.4. The van der Waals surface area contributed by atoms with Gasteiger partial charge in [0.1, 0.15) is 0 Å². The molecule has 2 N–H and O–H groups in total. The molecular formula is C12H20N2O3. The predicted molar refractivity (Wildman–Crippen MR) is 62.7 cm³/mol. The second-order valence-corrected chi connectivity index (χ2v) is 5.52. The SMILES string of the molecule is CC1(NC(=O)N2CCC(CCC(=O)O)C2)CC1. The second-order valence-electron chi connectivity index (χ2n) is 5.52. The summed E-state index contributed by atoms with van der Waals surface area (Å²) in [6, 6.07) is 0.0165. The molecule has 5 heteroatoms. The maximum Gasteiger partial charge on any atom is 0.317 e. The van der Waals surface area contributed by atoms with Gasteiger partial charge in [-0.1, -0.05) is 0 Å². The van der Waals surface area contributed by atoms with E-state index in [9.17, 15) is 9.59 Å². The molecule has 5 nitrogen and oxygen atoms in total. The minimum atomic E-state index is -0.751. The summed E-state index contributed by atoms with van der Waals surface area (Å²) in [4.78, 5) is 24.2. The summed E-state index contributed by atoms with van der Waals surface area (Å²) in [7, 11) is 0. The monoisotopic (exact) mass is 240 g/mol. The zero-order valence-corrected chi connectivity index (χ0v) is 10.2. The van der Waals surface area contributed by atoms with Crippen molar-refractivity contribution in [1.82, 2.24) is 10.2 Å². The van der Waals surface area contributed by atoms with Crippen molar-refractivity contribution in [2.24, 2.45) is 5.92 Å². The quantitative estimate of drug-likeness (QED) is 0.781. The fourth-order valence-electron chi connectivity index (χ4n) is 2.23. The van der Waals surface area contributed by atoms with Crippen molar-refractivity contribution in [2.75, 3.05) is 13.1 Å². The number of carboxylic acid groups (broad SMARTS) is 1. The Labute approximate surface area is 101 Å². The van der Waals surface area contributed by atoms with E-state index in [-0.39, 0.29) is 18.0 Å². The van der Waals surface area contributed by atoms with Crippen LogP contribution in [0.4, 0.5) is 4.79 Å². The van der Waals surface area contributed by atoms with Gasteiger partial charge >= 0.3 is 12.0 Å². The molecule has 1 aliphatic heterocycles. The first kappa shape index (κ1) is 12.2. The molecule has 1 saturated heterocycles. The van der Waals surface area contributed by atoms with Crippen molar-refractivity contribution in [1.29, 1.82) is 0 Å². The summed E-state index contributed by atoms with van der Waals surface area (Å²) < 4.78 is 0. The molecule has 17 heavy (non-hydrogen) atoms. The fraction of sp³-hybridized carbons (Fsp3) is 0.833. The predicted octanol–water partition coefficient (Wildman–Crippen LogP) is 1.44. The number of carbonyl (C=O) groups is 2. The van der Waals surface area contributed by atoms with Gasteiger partial charge in [-0.25, -0.2) is 4.79 Å². The van der Waals surface area contributed by atoms with Crippen LogP contribution in [-0.2, 0) is 4.79 Å². The van der Waals surface area contributed by atoms with Crippen LogP contribution < -0.4 is 5.32 Å². The number of likely N-dealkylation sites (tertiary alicyclic amines) is 1. The first-order chi connectivity index (χ1) is 7.98. The van der Waals surface area contributed by atoms with Crippen LogP contribution in [0, 0.1) is 5.92 Å². The fourth-order valence-corrected chi connectivity index (χ4v) is 2.23. The summed E-state index contributed by atoms with van der Waals surface area (Å²) in [5, 5.41) is 11.6. The van der Waals surface area contributed by atoms with E-state index in [1.807, 2.05) is 4.90 Å². The van der Waals surface area contributed by atoms with E-state index in [2.05, 4.69) is 12.2 Å². The van der Waals surface area contributed by atoms with Crippen LogP contribution in [0.3, 0.4) is 0 Å². The summed E-state index contributed by atoms with van der Waals surface area (Å²) in [5.41, 5.74) is 0.0240. The number of carbonyl (C=O) groups excluding carboxylic acids is 1. The summed E-state index contributed by atoms with van der Waals surface area (Å²) in [6.07, 6.45) is 3.94. The van der Waals surface area contributed by atoms with Crippen molar-refractivity contribution in [3.05, 3.63) is 0 Å². The van der Waals surface area contributed by atoms with Gasteiger partial charge in [0.05, 0.1) is 0 Å². The Morgan fingerprint density at radius 1 is 1.47 bits per heavy atom. The zero-order chi connectivity index (χ0) is 12.5. The highest BCUT2D eigenvalue weighted by Crippen LogP contribution is 2.34. The number of nitrogens with one attached hydrogen (secondary N) is 1. The minimum absolute atomic E-state index is 0.0165. The molecule has 1 atom stereocenters. The van der Waals surface area contributed by atoms with Crippen LogP contribution in [0.15, 0.2) is 0 Å². The minimum Gasteiger partial charge on any atom is -0.481 e. The highest BCUT2D eigenvalue weighted by Gasteiger charge is 2.40. The van der Waals surface area contributed by atoms with E-state index < -0.39 is 5.97 Å². The Balaban J connectivity index is 1.73. The third-order valence-corrected chi connectivity index (χ3v) is 3.75. The molecule has 0 radical (unpaired) electrons. The van der Waals surface area contributed by atoms with Gasteiger partial charge in [-0.2, -0.15) is 0 Å². The largest absolute Gasteiger partial charge is 0.481 e. The molecule has 1 unspecified atom stereocenters. The molecule has 2 fully saturated rings. The van der Waals surface area contributed by atoms with Crippen LogP contribution in [0.25, 0.3) is 0 Å². The van der Waals surface area contributed by atoms with Crippen molar-refractivity contribution in [3.8, 4) is 0 Å². The number of urea groups is 1. The van der Waals surface area contributed by atoms with Crippen LogP contribution in [0.2, 0.25) is 0 Å². The second kappa shape index (κ2) is 4.55. The number of aliphatic carboxylic acids is 1. The van der Waals surface area contributed by atoms with Crippen molar-refractivity contribution in [2.45, 2.75) is 44.6 Å². The van der Waals surface area contributed by atoms with Gasteiger partial charge in [0.25, 0.3) is 0 Å². The molecule has 0 aromatic rings. The molecule has 96 valence electrons. The average Bonchev–Trinajstić information content (AvgIpc) is 2.82. The van der Waals surface area contributed by atoms with Crippen molar-refractivity contribution >= 4 is 12.0 Å². The topological polar surface area (TPSA) is 69.6 Å². The molecule has 2 amide bonds. The molecule has 0 spiro atoms. The Morgan fingerprint density at radius 3 is 2.76 bits per heavy atom. The maximum absolute atomic E-state index is 11.9. The number of amides is 2. The molecule has 0 aromatic heterocycles. The normalized spacial score (nSPS) is 25.7. The zero-order valence-electron chi connectivity index (χ0n) is 10.2. The third-order valence-electron chi connectivity index (χ3n) is 3.75. The summed E-state index contributed by atoms with van der Waals surface area (Å²) in [6.45, 7) is 3.52. The molecule has 0 aromatic carbocycles. The van der Waals surface area contributed by atoms with Gasteiger partial charge < -0.3 is 15.3 Å². The number of rotatable bonds is 4. The lowest BCUT2D eigenvalue weighted by Gasteiger charge is -2.20. The maximum atomic E-state index is 11.9. The lowest BCUT2D eigenvalue weighted by molar-refractivity contribution is -0.137.